The van der Waals surface area contributed by atoms with Gasteiger partial charge in [0.1, 0.15) is 0 Å². The minimum atomic E-state index is 0.374. The van der Waals surface area contributed by atoms with Gasteiger partial charge in [-0.1, -0.05) is 11.6 Å². The number of nitrogens with two attached hydrogens (primary N) is 1. The van der Waals surface area contributed by atoms with Crippen molar-refractivity contribution in [3.05, 3.63) is 23.2 Å². The molecular weight excluding hydrogens is 268 g/mol. The summed E-state index contributed by atoms with van der Waals surface area (Å²) in [5.74, 6) is 0.926. The number of aromatic nitrogens is 2. The topological polar surface area (TPSA) is 77.4 Å². The van der Waals surface area contributed by atoms with Crippen LogP contribution in [0.3, 0.4) is 0 Å². The van der Waals surface area contributed by atoms with Gasteiger partial charge in [0.25, 0.3) is 11.8 Å². The fraction of sp³-hybridized carbons (Fsp3) is 0.333. The molecular formula is C12H13ClN4O2. The fourth-order valence-corrected chi connectivity index (χ4v) is 2.12. The van der Waals surface area contributed by atoms with E-state index >= 15 is 0 Å². The summed E-state index contributed by atoms with van der Waals surface area (Å²) in [6.45, 7) is 2.85. The van der Waals surface area contributed by atoms with Gasteiger partial charge in [-0.3, -0.25) is 0 Å². The van der Waals surface area contributed by atoms with Gasteiger partial charge in [-0.15, -0.1) is 0 Å². The lowest BCUT2D eigenvalue weighted by molar-refractivity contribution is 0.121. The Bertz CT molecular complexity index is 581. The van der Waals surface area contributed by atoms with Gasteiger partial charge in [-0.25, -0.2) is 0 Å². The normalized spacial score (nSPS) is 15.7. The summed E-state index contributed by atoms with van der Waals surface area (Å²) in [5, 5.41) is 4.51. The monoisotopic (exact) mass is 280 g/mol. The molecule has 0 saturated carbocycles. The third-order valence-corrected chi connectivity index (χ3v) is 3.26. The number of rotatable bonds is 2. The number of benzene rings is 1. The molecule has 2 aromatic rings. The Morgan fingerprint density at radius 1 is 1.26 bits per heavy atom. The van der Waals surface area contributed by atoms with Gasteiger partial charge >= 0.3 is 0 Å². The molecule has 6 nitrogen and oxygen atoms in total. The highest BCUT2D eigenvalue weighted by molar-refractivity contribution is 6.33. The van der Waals surface area contributed by atoms with Gasteiger partial charge in [0.15, 0.2) is 0 Å². The highest BCUT2D eigenvalue weighted by atomic mass is 35.5. The van der Waals surface area contributed by atoms with Gasteiger partial charge in [-0.05, 0) is 23.4 Å². The van der Waals surface area contributed by atoms with Crippen molar-refractivity contribution >= 4 is 23.2 Å². The predicted octanol–water partition coefficient (Wildman–Crippen LogP) is 1.81. The lowest BCUT2D eigenvalue weighted by Crippen LogP contribution is -2.36. The van der Waals surface area contributed by atoms with Crippen LogP contribution in [0.5, 0.6) is 0 Å². The van der Waals surface area contributed by atoms with Crippen molar-refractivity contribution in [2.24, 2.45) is 0 Å². The zero-order valence-corrected chi connectivity index (χ0v) is 10.9. The van der Waals surface area contributed by atoms with Crippen molar-refractivity contribution in [3.63, 3.8) is 0 Å². The Morgan fingerprint density at radius 3 is 2.84 bits per heavy atom. The summed E-state index contributed by atoms with van der Waals surface area (Å²) in [4.78, 5) is 6.37. The van der Waals surface area contributed by atoms with E-state index < -0.39 is 0 Å². The summed E-state index contributed by atoms with van der Waals surface area (Å²) < 4.78 is 10.5. The van der Waals surface area contributed by atoms with Crippen molar-refractivity contribution < 1.29 is 9.26 Å². The molecule has 19 heavy (non-hydrogen) atoms. The molecule has 0 bridgehead atoms. The summed E-state index contributed by atoms with van der Waals surface area (Å²) in [6.07, 6.45) is 0. The first-order valence-corrected chi connectivity index (χ1v) is 6.33. The van der Waals surface area contributed by atoms with Gasteiger partial charge < -0.3 is 19.9 Å². The molecule has 0 unspecified atom stereocenters. The predicted molar refractivity (Wildman–Crippen MR) is 72.2 cm³/mol. The fourth-order valence-electron chi connectivity index (χ4n) is 1.92. The van der Waals surface area contributed by atoms with Crippen LogP contribution in [-0.2, 0) is 4.74 Å². The molecule has 7 heteroatoms. The number of hydrogen-bond acceptors (Lipinski definition) is 6. The second kappa shape index (κ2) is 5.07. The van der Waals surface area contributed by atoms with Crippen LogP contribution in [0, 0.1) is 0 Å². The maximum atomic E-state index is 6.11. The summed E-state index contributed by atoms with van der Waals surface area (Å²) in [6, 6.07) is 5.16. The summed E-state index contributed by atoms with van der Waals surface area (Å²) >= 11 is 6.11. The van der Waals surface area contributed by atoms with E-state index in [1.54, 1.807) is 18.2 Å². The maximum Gasteiger partial charge on any atom is 0.266 e. The van der Waals surface area contributed by atoms with E-state index in [9.17, 15) is 0 Å². The molecule has 1 aliphatic heterocycles. The summed E-state index contributed by atoms with van der Waals surface area (Å²) in [5.41, 5.74) is 6.99. The smallest absolute Gasteiger partial charge is 0.266 e. The quantitative estimate of drug-likeness (QED) is 0.846. The van der Waals surface area contributed by atoms with Crippen LogP contribution in [0.15, 0.2) is 22.7 Å². The standard InChI is InChI=1S/C12H13ClN4O2/c13-10-2-1-8(14)7-9(10)11-15-12(16-19-11)17-3-5-18-6-4-17/h1-2,7H,3-6,14H2. The Balaban J connectivity index is 1.89. The highest BCUT2D eigenvalue weighted by Gasteiger charge is 2.19. The number of anilines is 2. The first kappa shape index (κ1) is 12.3. The molecule has 1 fully saturated rings. The first-order chi connectivity index (χ1) is 9.24. The van der Waals surface area contributed by atoms with Crippen LogP contribution in [0.2, 0.25) is 5.02 Å². The van der Waals surface area contributed by atoms with Gasteiger partial charge in [0.05, 0.1) is 23.8 Å². The Labute approximate surface area is 115 Å². The van der Waals surface area contributed by atoms with Crippen molar-refractivity contribution in [2.45, 2.75) is 0 Å². The van der Waals surface area contributed by atoms with E-state index in [1.807, 2.05) is 4.90 Å². The number of nitrogen functional groups attached to an aromatic ring is 1. The average Bonchev–Trinajstić information content (AvgIpc) is 2.92. The molecule has 2 N–H and O–H groups in total. The lowest BCUT2D eigenvalue weighted by Gasteiger charge is -2.24. The van der Waals surface area contributed by atoms with Crippen LogP contribution in [0.25, 0.3) is 11.5 Å². The van der Waals surface area contributed by atoms with Crippen LogP contribution in [0.1, 0.15) is 0 Å². The van der Waals surface area contributed by atoms with Gasteiger partial charge in [0, 0.05) is 18.8 Å². The van der Waals surface area contributed by atoms with E-state index in [0.29, 0.717) is 41.3 Å². The molecule has 0 aliphatic carbocycles. The van der Waals surface area contributed by atoms with E-state index in [-0.39, 0.29) is 0 Å². The Morgan fingerprint density at radius 2 is 2.05 bits per heavy atom. The molecule has 1 aromatic carbocycles. The molecule has 1 aliphatic rings. The third kappa shape index (κ3) is 2.50. The van der Waals surface area contributed by atoms with Crippen LogP contribution in [-0.4, -0.2) is 36.4 Å². The van der Waals surface area contributed by atoms with E-state index in [4.69, 9.17) is 26.6 Å². The molecule has 3 rings (SSSR count). The molecule has 0 spiro atoms. The molecule has 0 radical (unpaired) electrons. The number of halogens is 1. The minimum Gasteiger partial charge on any atom is -0.399 e. The summed E-state index contributed by atoms with van der Waals surface area (Å²) in [7, 11) is 0. The maximum absolute atomic E-state index is 6.11. The molecule has 2 heterocycles. The lowest BCUT2D eigenvalue weighted by atomic mass is 10.2. The minimum absolute atomic E-state index is 0.374. The van der Waals surface area contributed by atoms with Crippen LogP contribution < -0.4 is 10.6 Å². The SMILES string of the molecule is Nc1ccc(Cl)c(-c2nc(N3CCOCC3)no2)c1. The van der Waals surface area contributed by atoms with E-state index in [2.05, 4.69) is 10.1 Å². The van der Waals surface area contributed by atoms with E-state index in [1.165, 1.54) is 0 Å². The van der Waals surface area contributed by atoms with Crippen LogP contribution >= 0.6 is 11.6 Å². The molecule has 1 saturated heterocycles. The molecule has 0 amide bonds. The van der Waals surface area contributed by atoms with E-state index in [0.717, 1.165) is 13.1 Å². The second-order valence-electron chi connectivity index (χ2n) is 4.24. The third-order valence-electron chi connectivity index (χ3n) is 2.93. The number of morpholine rings is 1. The van der Waals surface area contributed by atoms with Gasteiger partial charge in [0.2, 0.25) is 0 Å². The molecule has 100 valence electrons. The van der Waals surface area contributed by atoms with Crippen LogP contribution in [0.4, 0.5) is 11.6 Å². The highest BCUT2D eigenvalue weighted by Crippen LogP contribution is 2.29. The van der Waals surface area contributed by atoms with Crippen molar-refractivity contribution in [1.82, 2.24) is 10.1 Å². The molecule has 0 atom stereocenters. The second-order valence-corrected chi connectivity index (χ2v) is 4.65. The number of hydrogen-bond donors (Lipinski definition) is 1. The Hall–Kier alpha value is -1.79. The largest absolute Gasteiger partial charge is 0.399 e. The average molecular weight is 281 g/mol. The zero-order valence-electron chi connectivity index (χ0n) is 10.2. The molecule has 1 aromatic heterocycles. The van der Waals surface area contributed by atoms with Crippen molar-refractivity contribution in [2.75, 3.05) is 36.9 Å². The first-order valence-electron chi connectivity index (χ1n) is 5.96. The zero-order chi connectivity index (χ0) is 13.2. The van der Waals surface area contributed by atoms with Gasteiger partial charge in [-0.2, -0.15) is 4.98 Å². The van der Waals surface area contributed by atoms with Crippen molar-refractivity contribution in [3.8, 4) is 11.5 Å². The number of ether oxygens (including phenoxy) is 1. The van der Waals surface area contributed by atoms with Crippen molar-refractivity contribution in [1.29, 1.82) is 0 Å². The Kier molecular flexibility index (Phi) is 3.27. The number of nitrogens with zero attached hydrogens (tertiary/aromatic N) is 3.